The van der Waals surface area contributed by atoms with Gasteiger partial charge in [-0.25, -0.2) is 0 Å². The van der Waals surface area contributed by atoms with Crippen LogP contribution < -0.4 is 5.32 Å². The largest absolute Gasteiger partial charge is 0.374 e. The van der Waals surface area contributed by atoms with Crippen LogP contribution in [-0.4, -0.2) is 54.6 Å². The van der Waals surface area contributed by atoms with E-state index in [4.69, 9.17) is 0 Å². The molecule has 166 valence electrons. The third-order valence-electron chi connectivity index (χ3n) is 6.82. The van der Waals surface area contributed by atoms with Gasteiger partial charge >= 0.3 is 0 Å². The van der Waals surface area contributed by atoms with Gasteiger partial charge in [-0.2, -0.15) is 0 Å². The lowest BCUT2D eigenvalue weighted by molar-refractivity contribution is -0.0223. The number of benzene rings is 2. The Morgan fingerprint density at radius 3 is 2.78 bits per heavy atom. The predicted molar refractivity (Wildman–Crippen MR) is 125 cm³/mol. The van der Waals surface area contributed by atoms with Crippen molar-refractivity contribution >= 4 is 10.9 Å². The number of hydrogen-bond donors (Lipinski definition) is 3. The zero-order valence-electron chi connectivity index (χ0n) is 18.4. The van der Waals surface area contributed by atoms with E-state index in [1.807, 2.05) is 22.8 Å². The first-order chi connectivity index (χ1) is 15.6. The maximum absolute atomic E-state index is 11.2. The van der Waals surface area contributed by atoms with E-state index in [0.29, 0.717) is 6.54 Å². The lowest BCUT2D eigenvalue weighted by Gasteiger charge is -2.32. The second-order valence-electron chi connectivity index (χ2n) is 8.74. The van der Waals surface area contributed by atoms with Crippen LogP contribution >= 0.6 is 0 Å². The molecule has 5 rings (SSSR count). The predicted octanol–water partition coefficient (Wildman–Crippen LogP) is 3.25. The average molecular weight is 431 g/mol. The molecule has 2 atom stereocenters. The number of hydrogen-bond acceptors (Lipinski definition) is 5. The van der Waals surface area contributed by atoms with E-state index in [2.05, 4.69) is 68.9 Å². The Morgan fingerprint density at radius 1 is 1.16 bits per heavy atom. The lowest BCUT2D eigenvalue weighted by atomic mass is 10.0. The Labute approximate surface area is 188 Å². The Balaban J connectivity index is 1.18. The normalized spacial score (nSPS) is 21.5. The number of nitrogens with zero attached hydrogens (tertiary/aromatic N) is 4. The first-order valence-corrected chi connectivity index (χ1v) is 11.3. The first kappa shape index (κ1) is 20.9. The van der Waals surface area contributed by atoms with Crippen molar-refractivity contribution in [3.63, 3.8) is 0 Å². The number of nitrogens with one attached hydrogen (secondary N) is 2. The summed E-state index contributed by atoms with van der Waals surface area (Å²) in [6, 6.07) is 16.7. The van der Waals surface area contributed by atoms with Gasteiger partial charge in [-0.15, -0.1) is 10.2 Å². The molecular formula is C25H30N6O. The van der Waals surface area contributed by atoms with Crippen molar-refractivity contribution < 1.29 is 5.11 Å². The molecule has 2 aromatic carbocycles. The molecule has 1 fully saturated rings. The standard InChI is InChI=1S/C25H30N6O/c1-19-25(32,27-15-20-6-3-2-4-7-20)11-13-30(19)12-5-8-21-16-26-24-10-9-22(14-23(21)24)31-17-28-29-18-31/h2-4,6-7,9-10,14,16-19,26-27,32H,5,8,11-13,15H2,1H3. The van der Waals surface area contributed by atoms with Crippen molar-refractivity contribution in [3.8, 4) is 5.69 Å². The number of fused-ring (bicyclic) bond motifs is 1. The zero-order chi connectivity index (χ0) is 22.0. The highest BCUT2D eigenvalue weighted by Crippen LogP contribution is 2.28. The molecule has 1 aliphatic rings. The van der Waals surface area contributed by atoms with Crippen molar-refractivity contribution in [1.29, 1.82) is 0 Å². The minimum absolute atomic E-state index is 0.0783. The number of aromatic amines is 1. The van der Waals surface area contributed by atoms with Crippen LogP contribution in [0.15, 0.2) is 67.4 Å². The van der Waals surface area contributed by atoms with Crippen molar-refractivity contribution in [2.75, 3.05) is 13.1 Å². The first-order valence-electron chi connectivity index (χ1n) is 11.3. The monoisotopic (exact) mass is 430 g/mol. The number of aromatic nitrogens is 4. The second kappa shape index (κ2) is 8.86. The van der Waals surface area contributed by atoms with Crippen LogP contribution in [0.2, 0.25) is 0 Å². The van der Waals surface area contributed by atoms with Gasteiger partial charge in [-0.3, -0.25) is 14.8 Å². The van der Waals surface area contributed by atoms with E-state index < -0.39 is 5.72 Å². The smallest absolute Gasteiger partial charge is 0.132 e. The molecular weight excluding hydrogens is 400 g/mol. The average Bonchev–Trinajstić information content (AvgIpc) is 3.55. The fourth-order valence-electron chi connectivity index (χ4n) is 4.75. The van der Waals surface area contributed by atoms with Gasteiger partial charge in [0.05, 0.1) is 0 Å². The summed E-state index contributed by atoms with van der Waals surface area (Å²) in [5, 5.41) is 23.6. The van der Waals surface area contributed by atoms with Crippen molar-refractivity contribution in [2.45, 2.75) is 44.5 Å². The van der Waals surface area contributed by atoms with Crippen LogP contribution in [0.3, 0.4) is 0 Å². The maximum Gasteiger partial charge on any atom is 0.132 e. The van der Waals surface area contributed by atoms with Gasteiger partial charge in [-0.1, -0.05) is 30.3 Å². The molecule has 0 bridgehead atoms. The number of likely N-dealkylation sites (tertiary alicyclic amines) is 1. The van der Waals surface area contributed by atoms with Crippen LogP contribution in [0.25, 0.3) is 16.6 Å². The topological polar surface area (TPSA) is 82.0 Å². The summed E-state index contributed by atoms with van der Waals surface area (Å²) in [5.41, 5.74) is 3.87. The summed E-state index contributed by atoms with van der Waals surface area (Å²) in [6.07, 6.45) is 8.33. The molecule has 32 heavy (non-hydrogen) atoms. The summed E-state index contributed by atoms with van der Waals surface area (Å²) in [5.74, 6) is 0. The van der Waals surface area contributed by atoms with E-state index in [1.165, 1.54) is 16.5 Å². The Bertz CT molecular complexity index is 1160. The second-order valence-corrected chi connectivity index (χ2v) is 8.74. The zero-order valence-corrected chi connectivity index (χ0v) is 18.4. The molecule has 0 amide bonds. The highest BCUT2D eigenvalue weighted by atomic mass is 16.3. The van der Waals surface area contributed by atoms with E-state index in [9.17, 15) is 5.11 Å². The van der Waals surface area contributed by atoms with Crippen molar-refractivity contribution in [2.24, 2.45) is 0 Å². The number of rotatable bonds is 8. The van der Waals surface area contributed by atoms with Gasteiger partial charge in [0.25, 0.3) is 0 Å². The Hall–Kier alpha value is -3.00. The third-order valence-corrected chi connectivity index (χ3v) is 6.82. The van der Waals surface area contributed by atoms with E-state index in [0.717, 1.165) is 43.6 Å². The van der Waals surface area contributed by atoms with Gasteiger partial charge in [0, 0.05) is 48.3 Å². The Morgan fingerprint density at radius 2 is 1.97 bits per heavy atom. The van der Waals surface area contributed by atoms with Gasteiger partial charge < -0.3 is 10.1 Å². The molecule has 1 saturated heterocycles. The molecule has 0 spiro atoms. The van der Waals surface area contributed by atoms with E-state index in [1.54, 1.807) is 12.7 Å². The maximum atomic E-state index is 11.2. The van der Waals surface area contributed by atoms with Crippen LogP contribution in [0, 0.1) is 0 Å². The minimum atomic E-state index is -0.843. The van der Waals surface area contributed by atoms with E-state index in [-0.39, 0.29) is 6.04 Å². The highest BCUT2D eigenvalue weighted by molar-refractivity contribution is 5.85. The van der Waals surface area contributed by atoms with Crippen LogP contribution in [-0.2, 0) is 13.0 Å². The van der Waals surface area contributed by atoms with Gasteiger partial charge in [0.1, 0.15) is 18.4 Å². The van der Waals surface area contributed by atoms with Crippen LogP contribution in [0.1, 0.15) is 30.9 Å². The summed E-state index contributed by atoms with van der Waals surface area (Å²) >= 11 is 0. The summed E-state index contributed by atoms with van der Waals surface area (Å²) < 4.78 is 1.92. The molecule has 0 radical (unpaired) electrons. The lowest BCUT2D eigenvalue weighted by Crippen LogP contribution is -2.53. The van der Waals surface area contributed by atoms with Gasteiger partial charge in [-0.05, 0) is 55.6 Å². The number of aliphatic hydroxyl groups is 1. The molecule has 0 saturated carbocycles. The van der Waals surface area contributed by atoms with E-state index >= 15 is 0 Å². The molecule has 1 aliphatic heterocycles. The molecule has 3 N–H and O–H groups in total. The van der Waals surface area contributed by atoms with Gasteiger partial charge in [0.15, 0.2) is 0 Å². The molecule has 2 aromatic heterocycles. The highest BCUT2D eigenvalue weighted by Gasteiger charge is 2.42. The van der Waals surface area contributed by atoms with Crippen molar-refractivity contribution in [1.82, 2.24) is 30.0 Å². The quantitative estimate of drug-likeness (QED) is 0.374. The number of aryl methyl sites for hydroxylation is 1. The summed E-state index contributed by atoms with van der Waals surface area (Å²) in [6.45, 7) is 4.68. The molecule has 2 unspecified atom stereocenters. The number of H-pyrrole nitrogens is 1. The SMILES string of the molecule is CC1N(CCCc2c[nH]c3ccc(-n4cnnc4)cc23)CCC1(O)NCc1ccccc1. The molecule has 7 heteroatoms. The molecule has 3 heterocycles. The minimum Gasteiger partial charge on any atom is -0.374 e. The molecule has 4 aromatic rings. The fraction of sp³-hybridized carbons (Fsp3) is 0.360. The van der Waals surface area contributed by atoms with Crippen LogP contribution in [0.5, 0.6) is 0 Å². The van der Waals surface area contributed by atoms with Crippen molar-refractivity contribution in [3.05, 3.63) is 78.5 Å². The van der Waals surface area contributed by atoms with Crippen LogP contribution in [0.4, 0.5) is 0 Å². The molecule has 7 nitrogen and oxygen atoms in total. The Kier molecular flexibility index (Phi) is 5.78. The molecule has 0 aliphatic carbocycles. The third kappa shape index (κ3) is 4.19. The van der Waals surface area contributed by atoms with Gasteiger partial charge in [0.2, 0.25) is 0 Å². The fourth-order valence-corrected chi connectivity index (χ4v) is 4.75. The summed E-state index contributed by atoms with van der Waals surface area (Å²) in [7, 11) is 0. The summed E-state index contributed by atoms with van der Waals surface area (Å²) in [4.78, 5) is 5.79.